The quantitative estimate of drug-likeness (QED) is 0.190. The molecule has 0 amide bonds. The van der Waals surface area contributed by atoms with Crippen molar-refractivity contribution < 1.29 is 9.53 Å². The lowest BCUT2D eigenvalue weighted by atomic mass is 9.86. The molecule has 2 heterocycles. The molecule has 0 radical (unpaired) electrons. The van der Waals surface area contributed by atoms with Crippen LogP contribution in [0.15, 0.2) is 90.3 Å². The Morgan fingerprint density at radius 2 is 1.81 bits per heavy atom. The molecule has 2 aromatic heterocycles. The Hall–Kier alpha value is -4.60. The first-order chi connectivity index (χ1) is 20.3. The van der Waals surface area contributed by atoms with Gasteiger partial charge in [0, 0.05) is 46.6 Å². The lowest BCUT2D eigenvalue weighted by Gasteiger charge is -2.19. The zero-order valence-electron chi connectivity index (χ0n) is 24.6. The number of fused-ring (bicyclic) bond motifs is 1. The second-order valence-corrected chi connectivity index (χ2v) is 11.3. The van der Waals surface area contributed by atoms with Gasteiger partial charge in [-0.3, -0.25) is 14.8 Å². The molecule has 1 aliphatic rings. The highest BCUT2D eigenvalue weighted by atomic mass is 16.5. The molecule has 4 aromatic rings. The summed E-state index contributed by atoms with van der Waals surface area (Å²) < 4.78 is 5.92. The van der Waals surface area contributed by atoms with Crippen LogP contribution >= 0.6 is 0 Å². The summed E-state index contributed by atoms with van der Waals surface area (Å²) in [5.74, 6) is 1.33. The monoisotopic (exact) mass is 556 g/mol. The van der Waals surface area contributed by atoms with Crippen molar-refractivity contribution in [2.75, 3.05) is 7.11 Å². The third kappa shape index (κ3) is 6.02. The van der Waals surface area contributed by atoms with Gasteiger partial charge in [-0.15, -0.1) is 0 Å². The summed E-state index contributed by atoms with van der Waals surface area (Å²) in [6.45, 7) is 6.11. The molecular formula is C36H36N4O2. The van der Waals surface area contributed by atoms with E-state index in [1.807, 2.05) is 54.9 Å². The predicted molar refractivity (Wildman–Crippen MR) is 168 cm³/mol. The minimum absolute atomic E-state index is 0.00602. The van der Waals surface area contributed by atoms with E-state index in [0.717, 1.165) is 63.9 Å². The van der Waals surface area contributed by atoms with E-state index < -0.39 is 6.04 Å². The van der Waals surface area contributed by atoms with Gasteiger partial charge in [-0.25, -0.2) is 0 Å². The van der Waals surface area contributed by atoms with E-state index in [9.17, 15) is 4.79 Å². The number of pyridine rings is 2. The first-order valence-electron chi connectivity index (χ1n) is 14.4. The minimum atomic E-state index is -0.476. The normalized spacial score (nSPS) is 18.7. The largest absolute Gasteiger partial charge is 0.495 e. The molecule has 2 N–H and O–H groups in total. The summed E-state index contributed by atoms with van der Waals surface area (Å²) in [6.07, 6.45) is 10.4. The Kier molecular flexibility index (Phi) is 8.61. The van der Waals surface area contributed by atoms with Crippen LogP contribution < -0.4 is 10.5 Å². The molecule has 0 bridgehead atoms. The summed E-state index contributed by atoms with van der Waals surface area (Å²) in [7, 11) is 1.68. The van der Waals surface area contributed by atoms with Crippen LogP contribution in [-0.4, -0.2) is 28.9 Å². The van der Waals surface area contributed by atoms with Crippen LogP contribution in [-0.2, 0) is 11.2 Å². The van der Waals surface area contributed by atoms with Gasteiger partial charge in [0.25, 0.3) is 0 Å². The number of carbonyl (C=O) groups is 1. The number of hydrogen-bond donors (Lipinski definition) is 1. The first-order valence-corrected chi connectivity index (χ1v) is 14.4. The molecule has 6 nitrogen and oxygen atoms in total. The van der Waals surface area contributed by atoms with Crippen molar-refractivity contribution in [1.82, 2.24) is 9.97 Å². The van der Waals surface area contributed by atoms with Crippen LogP contribution in [0.1, 0.15) is 44.9 Å². The van der Waals surface area contributed by atoms with Crippen LogP contribution in [0.2, 0.25) is 0 Å². The van der Waals surface area contributed by atoms with E-state index in [2.05, 4.69) is 38.1 Å². The molecule has 0 fully saturated rings. The molecule has 0 aliphatic heterocycles. The van der Waals surface area contributed by atoms with Crippen molar-refractivity contribution >= 4 is 16.7 Å². The number of nitriles is 1. The van der Waals surface area contributed by atoms with Crippen molar-refractivity contribution in [1.29, 1.82) is 5.26 Å². The summed E-state index contributed by atoms with van der Waals surface area (Å²) in [5.41, 5.74) is 14.6. The Morgan fingerprint density at radius 1 is 1.05 bits per heavy atom. The summed E-state index contributed by atoms with van der Waals surface area (Å²) in [6, 6.07) is 19.4. The lowest BCUT2D eigenvalue weighted by molar-refractivity contribution is -0.115. The fraction of sp³-hybridized carbons (Fsp3) is 0.278. The maximum absolute atomic E-state index is 12.3. The Bertz CT molecular complexity index is 1710. The number of hydrogen-bond acceptors (Lipinski definition) is 6. The van der Waals surface area contributed by atoms with Gasteiger partial charge in [-0.2, -0.15) is 5.26 Å². The molecule has 2 aromatic carbocycles. The van der Waals surface area contributed by atoms with E-state index in [1.165, 1.54) is 11.1 Å². The third-order valence-electron chi connectivity index (χ3n) is 8.15. The minimum Gasteiger partial charge on any atom is -0.495 e. The van der Waals surface area contributed by atoms with E-state index in [-0.39, 0.29) is 11.7 Å². The van der Waals surface area contributed by atoms with Crippen molar-refractivity contribution in [3.8, 4) is 34.1 Å². The maximum atomic E-state index is 12.3. The Labute approximate surface area is 247 Å². The smallest absolute Gasteiger partial charge is 0.172 e. The molecule has 6 heteroatoms. The Morgan fingerprint density at radius 3 is 2.48 bits per heavy atom. The number of para-hydroxylation sites is 1. The van der Waals surface area contributed by atoms with E-state index in [1.54, 1.807) is 20.1 Å². The highest BCUT2D eigenvalue weighted by Crippen LogP contribution is 2.39. The molecule has 5 rings (SSSR count). The second kappa shape index (κ2) is 12.5. The number of nitrogens with zero attached hydrogens (tertiary/aromatic N) is 3. The van der Waals surface area contributed by atoms with Gasteiger partial charge in [0.2, 0.25) is 0 Å². The van der Waals surface area contributed by atoms with Gasteiger partial charge < -0.3 is 10.5 Å². The van der Waals surface area contributed by atoms with Gasteiger partial charge >= 0.3 is 0 Å². The van der Waals surface area contributed by atoms with Gasteiger partial charge in [0.05, 0.1) is 30.3 Å². The SMILES string of the molecule is COc1c(-c2ccc(CC3=CCC(C)/C(=C/C(=O)C(C)N)[C@@H](C)C3)nc2)cnc2c(-c3ccc(C#N)cc3)cccc12. The fourth-order valence-corrected chi connectivity index (χ4v) is 5.79. The van der Waals surface area contributed by atoms with Crippen molar-refractivity contribution in [2.45, 2.75) is 46.1 Å². The number of carbonyl (C=O) groups excluding carboxylic acids is 1. The number of ketones is 1. The number of aromatic nitrogens is 2. The lowest BCUT2D eigenvalue weighted by Crippen LogP contribution is -2.26. The zero-order valence-corrected chi connectivity index (χ0v) is 24.6. The number of rotatable bonds is 7. The highest BCUT2D eigenvalue weighted by molar-refractivity contribution is 6.00. The van der Waals surface area contributed by atoms with Crippen LogP contribution in [0.25, 0.3) is 33.2 Å². The standard InChI is InChI=1S/C36H36N4O2/c1-22-8-9-26(16-23(2)32(22)18-34(41)24(3)38)17-29-15-14-28(20-39-29)33-21-40-35-30(6-5-7-31(35)36(33)42-4)27-12-10-25(19-37)11-13-27/h5-7,9-15,18,20-24H,8,16-17,38H2,1-4H3/b32-18-/t22?,23-,24?/m0/s1. The third-order valence-corrected chi connectivity index (χ3v) is 8.15. The summed E-state index contributed by atoms with van der Waals surface area (Å²) >= 11 is 0. The fourth-order valence-electron chi connectivity index (χ4n) is 5.79. The van der Waals surface area contributed by atoms with E-state index in [4.69, 9.17) is 25.7 Å². The number of allylic oxidation sites excluding steroid dienone is 3. The van der Waals surface area contributed by atoms with Crippen LogP contribution in [0.4, 0.5) is 0 Å². The molecule has 42 heavy (non-hydrogen) atoms. The maximum Gasteiger partial charge on any atom is 0.172 e. The molecular weight excluding hydrogens is 520 g/mol. The Balaban J connectivity index is 1.39. The molecule has 3 atom stereocenters. The van der Waals surface area contributed by atoms with Crippen molar-refractivity contribution in [2.24, 2.45) is 17.6 Å². The summed E-state index contributed by atoms with van der Waals surface area (Å²) in [5, 5.41) is 10.1. The molecule has 212 valence electrons. The van der Waals surface area contributed by atoms with E-state index in [0.29, 0.717) is 11.5 Å². The number of ether oxygens (including phenoxy) is 1. The second-order valence-electron chi connectivity index (χ2n) is 11.3. The number of methoxy groups -OCH3 is 1. The van der Waals surface area contributed by atoms with Crippen molar-refractivity contribution in [3.63, 3.8) is 0 Å². The van der Waals surface area contributed by atoms with Gasteiger partial charge in [0.15, 0.2) is 5.78 Å². The van der Waals surface area contributed by atoms with Crippen LogP contribution in [0.5, 0.6) is 5.75 Å². The van der Waals surface area contributed by atoms with Gasteiger partial charge in [-0.05, 0) is 67.5 Å². The average Bonchev–Trinajstić information content (AvgIpc) is 3.13. The topological polar surface area (TPSA) is 102 Å². The van der Waals surface area contributed by atoms with Crippen molar-refractivity contribution in [3.05, 3.63) is 102 Å². The first kappa shape index (κ1) is 28.9. The predicted octanol–water partition coefficient (Wildman–Crippen LogP) is 7.22. The highest BCUT2D eigenvalue weighted by Gasteiger charge is 2.22. The van der Waals surface area contributed by atoms with Gasteiger partial charge in [0.1, 0.15) is 5.75 Å². The van der Waals surface area contributed by atoms with Crippen LogP contribution in [0.3, 0.4) is 0 Å². The summed E-state index contributed by atoms with van der Waals surface area (Å²) in [4.78, 5) is 22.0. The number of nitrogens with two attached hydrogens (primary N) is 1. The van der Waals surface area contributed by atoms with Gasteiger partial charge in [-0.1, -0.05) is 61.4 Å². The zero-order chi connectivity index (χ0) is 29.8. The van der Waals surface area contributed by atoms with Crippen LogP contribution in [0, 0.1) is 23.2 Å². The van der Waals surface area contributed by atoms with E-state index >= 15 is 0 Å². The number of benzene rings is 2. The average molecular weight is 557 g/mol. The molecule has 0 saturated carbocycles. The molecule has 1 aliphatic carbocycles. The molecule has 0 saturated heterocycles. The molecule has 0 spiro atoms. The molecule has 2 unspecified atom stereocenters.